The number of hydrogen-bond donors (Lipinski definition) is 1. The number of benzene rings is 1. The maximum absolute atomic E-state index is 13.7. The van der Waals surface area contributed by atoms with Crippen LogP contribution in [0.2, 0.25) is 0 Å². The van der Waals surface area contributed by atoms with Crippen LogP contribution in [0, 0.1) is 15.9 Å². The van der Waals surface area contributed by atoms with Gasteiger partial charge in [0, 0.05) is 17.9 Å². The van der Waals surface area contributed by atoms with Crippen LogP contribution in [-0.2, 0) is 10.2 Å². The van der Waals surface area contributed by atoms with Gasteiger partial charge in [-0.15, -0.1) is 0 Å². The number of halogens is 1. The van der Waals surface area contributed by atoms with Crippen molar-refractivity contribution in [3.8, 4) is 0 Å². The average molecular weight is 238 g/mol. The van der Waals surface area contributed by atoms with E-state index in [9.17, 15) is 19.3 Å². The van der Waals surface area contributed by atoms with E-state index in [1.54, 1.807) is 13.8 Å². The van der Waals surface area contributed by atoms with E-state index in [2.05, 4.69) is 5.32 Å². The van der Waals surface area contributed by atoms with Crippen molar-refractivity contribution in [2.24, 2.45) is 0 Å². The molecule has 1 aliphatic heterocycles. The van der Waals surface area contributed by atoms with E-state index in [4.69, 9.17) is 0 Å². The zero-order chi connectivity index (χ0) is 12.8. The molecular weight excluding hydrogens is 227 g/mol. The van der Waals surface area contributed by atoms with Crippen LogP contribution in [0.5, 0.6) is 0 Å². The Hall–Kier alpha value is -1.98. The average Bonchev–Trinajstić information content (AvgIpc) is 2.17. The number of nitro groups is 1. The van der Waals surface area contributed by atoms with Gasteiger partial charge in [0.05, 0.1) is 16.7 Å². The summed E-state index contributed by atoms with van der Waals surface area (Å²) in [7, 11) is 0. The molecule has 0 aromatic heterocycles. The topological polar surface area (TPSA) is 72.2 Å². The molecule has 0 spiro atoms. The van der Waals surface area contributed by atoms with Gasteiger partial charge in [0.1, 0.15) is 0 Å². The molecule has 17 heavy (non-hydrogen) atoms. The first-order valence-electron chi connectivity index (χ1n) is 5.09. The van der Waals surface area contributed by atoms with Crippen LogP contribution in [0.3, 0.4) is 0 Å². The van der Waals surface area contributed by atoms with Crippen molar-refractivity contribution in [2.75, 3.05) is 5.32 Å². The lowest BCUT2D eigenvalue weighted by Gasteiger charge is -2.31. The Morgan fingerprint density at radius 3 is 2.71 bits per heavy atom. The summed E-state index contributed by atoms with van der Waals surface area (Å²) in [4.78, 5) is 21.4. The summed E-state index contributed by atoms with van der Waals surface area (Å²) in [5.41, 5.74) is -0.393. The maximum Gasteiger partial charge on any atom is 0.272 e. The number of nitrogens with one attached hydrogen (secondary N) is 1. The number of nitrogens with zero attached hydrogens (tertiary/aromatic N) is 1. The Kier molecular flexibility index (Phi) is 2.38. The van der Waals surface area contributed by atoms with Gasteiger partial charge in [-0.2, -0.15) is 0 Å². The number of anilines is 1. The highest BCUT2D eigenvalue weighted by molar-refractivity contribution is 5.95. The second-order valence-corrected chi connectivity index (χ2v) is 4.72. The van der Waals surface area contributed by atoms with Crippen LogP contribution in [0.15, 0.2) is 12.1 Å². The van der Waals surface area contributed by atoms with Gasteiger partial charge in [-0.1, -0.05) is 13.8 Å². The minimum Gasteiger partial charge on any atom is -0.323 e. The summed E-state index contributed by atoms with van der Waals surface area (Å²) in [6.07, 6.45) is 0.181. The summed E-state index contributed by atoms with van der Waals surface area (Å²) < 4.78 is 13.7. The summed E-state index contributed by atoms with van der Waals surface area (Å²) in [6.45, 7) is 3.52. The molecule has 0 radical (unpaired) electrons. The van der Waals surface area contributed by atoms with Crippen LogP contribution in [0.1, 0.15) is 25.8 Å². The first kappa shape index (κ1) is 11.5. The fourth-order valence-corrected chi connectivity index (χ4v) is 2.04. The monoisotopic (exact) mass is 238 g/mol. The van der Waals surface area contributed by atoms with E-state index >= 15 is 0 Å². The molecule has 1 amide bonds. The smallest absolute Gasteiger partial charge is 0.272 e. The molecule has 6 heteroatoms. The van der Waals surface area contributed by atoms with Crippen LogP contribution in [0.4, 0.5) is 15.8 Å². The highest BCUT2D eigenvalue weighted by Crippen LogP contribution is 2.40. The number of hydrogen-bond acceptors (Lipinski definition) is 3. The molecule has 1 aliphatic rings. The van der Waals surface area contributed by atoms with Crippen molar-refractivity contribution in [2.45, 2.75) is 25.7 Å². The normalized spacial score (nSPS) is 17.2. The van der Waals surface area contributed by atoms with Gasteiger partial charge in [0.15, 0.2) is 5.82 Å². The zero-order valence-electron chi connectivity index (χ0n) is 9.41. The van der Waals surface area contributed by atoms with Crippen molar-refractivity contribution in [1.82, 2.24) is 0 Å². The highest BCUT2D eigenvalue weighted by Gasteiger charge is 2.35. The lowest BCUT2D eigenvalue weighted by atomic mass is 9.78. The maximum atomic E-state index is 13.7. The van der Waals surface area contributed by atoms with E-state index < -0.39 is 16.2 Å². The molecule has 0 fully saturated rings. The van der Waals surface area contributed by atoms with E-state index in [-0.39, 0.29) is 23.7 Å². The third-order valence-corrected chi connectivity index (χ3v) is 2.88. The van der Waals surface area contributed by atoms with Crippen molar-refractivity contribution in [1.29, 1.82) is 0 Å². The quantitative estimate of drug-likeness (QED) is 0.603. The third-order valence-electron chi connectivity index (χ3n) is 2.88. The van der Waals surface area contributed by atoms with E-state index in [0.29, 0.717) is 5.56 Å². The van der Waals surface area contributed by atoms with Gasteiger partial charge < -0.3 is 5.32 Å². The molecular formula is C11H11FN2O3. The van der Waals surface area contributed by atoms with Crippen LogP contribution in [0.25, 0.3) is 0 Å². The lowest BCUT2D eigenvalue weighted by molar-refractivity contribution is -0.385. The minimum absolute atomic E-state index is 0.0526. The Bertz CT molecular complexity index is 526. The number of nitro benzene ring substituents is 1. The number of carbonyl (C=O) groups excluding carboxylic acids is 1. The minimum atomic E-state index is -0.768. The van der Waals surface area contributed by atoms with Gasteiger partial charge in [-0.3, -0.25) is 14.9 Å². The molecule has 0 saturated heterocycles. The van der Waals surface area contributed by atoms with Gasteiger partial charge in [0.2, 0.25) is 5.91 Å². The van der Waals surface area contributed by atoms with E-state index in [1.165, 1.54) is 6.07 Å². The highest BCUT2D eigenvalue weighted by atomic mass is 19.1. The van der Waals surface area contributed by atoms with E-state index in [1.807, 2.05) is 0 Å². The van der Waals surface area contributed by atoms with Crippen molar-refractivity contribution in [3.63, 3.8) is 0 Å². The van der Waals surface area contributed by atoms with Crippen molar-refractivity contribution in [3.05, 3.63) is 33.6 Å². The van der Waals surface area contributed by atoms with Gasteiger partial charge >= 0.3 is 0 Å². The molecule has 1 N–H and O–H groups in total. The number of rotatable bonds is 1. The number of fused-ring (bicyclic) bond motifs is 1. The molecule has 0 unspecified atom stereocenters. The lowest BCUT2D eigenvalue weighted by Crippen LogP contribution is -2.33. The molecule has 5 nitrogen and oxygen atoms in total. The predicted octanol–water partition coefficient (Wildman–Crippen LogP) is 2.35. The molecule has 0 atom stereocenters. The molecule has 1 heterocycles. The predicted molar refractivity (Wildman–Crippen MR) is 59.3 cm³/mol. The first-order chi connectivity index (χ1) is 7.81. The Morgan fingerprint density at radius 1 is 1.47 bits per heavy atom. The molecule has 2 rings (SSSR count). The number of amides is 1. The van der Waals surface area contributed by atoms with Crippen LogP contribution < -0.4 is 5.32 Å². The summed E-state index contributed by atoms with van der Waals surface area (Å²) in [6, 6.07) is 2.14. The standard InChI is InChI=1S/C11H11FN2O3/c1-11(2)5-9(15)13-10-7(11)3-6(14(16)17)4-8(10)12/h3-4H,5H2,1-2H3,(H,13,15). The molecule has 1 aromatic rings. The molecule has 0 aliphatic carbocycles. The number of carbonyl (C=O) groups is 1. The Morgan fingerprint density at radius 2 is 2.12 bits per heavy atom. The molecule has 90 valence electrons. The second-order valence-electron chi connectivity index (χ2n) is 4.72. The summed E-state index contributed by atoms with van der Waals surface area (Å²) in [5, 5.41) is 13.1. The van der Waals surface area contributed by atoms with Gasteiger partial charge in [-0.25, -0.2) is 4.39 Å². The first-order valence-corrected chi connectivity index (χ1v) is 5.09. The fourth-order valence-electron chi connectivity index (χ4n) is 2.04. The van der Waals surface area contributed by atoms with Crippen LogP contribution >= 0.6 is 0 Å². The zero-order valence-corrected chi connectivity index (χ0v) is 9.41. The largest absolute Gasteiger partial charge is 0.323 e. The fraction of sp³-hybridized carbons (Fsp3) is 0.364. The molecule has 0 saturated carbocycles. The SMILES string of the molecule is CC1(C)CC(=O)Nc2c(F)cc([N+](=O)[O-])cc21. The van der Waals surface area contributed by atoms with Crippen LogP contribution in [-0.4, -0.2) is 10.8 Å². The molecule has 0 bridgehead atoms. The van der Waals surface area contributed by atoms with Crippen molar-refractivity contribution < 1.29 is 14.1 Å². The van der Waals surface area contributed by atoms with E-state index in [0.717, 1.165) is 6.07 Å². The van der Waals surface area contributed by atoms with Gasteiger partial charge in [0.25, 0.3) is 5.69 Å². The Labute approximate surface area is 96.8 Å². The second kappa shape index (κ2) is 3.51. The van der Waals surface area contributed by atoms with Crippen molar-refractivity contribution >= 4 is 17.3 Å². The third kappa shape index (κ3) is 1.86. The number of non-ortho nitro benzene ring substituents is 1. The summed E-state index contributed by atoms with van der Waals surface area (Å²) in [5.74, 6) is -1.05. The van der Waals surface area contributed by atoms with Gasteiger partial charge in [-0.05, 0) is 5.56 Å². The molecule has 1 aromatic carbocycles. The summed E-state index contributed by atoms with van der Waals surface area (Å²) >= 11 is 0. The Balaban J connectivity index is 2.67.